The fourth-order valence-electron chi connectivity index (χ4n) is 1.94. The number of rotatable bonds is 2. The lowest BCUT2D eigenvalue weighted by Gasteiger charge is -2.15. The van der Waals surface area contributed by atoms with Gasteiger partial charge in [0.15, 0.2) is 0 Å². The summed E-state index contributed by atoms with van der Waals surface area (Å²) in [5.41, 5.74) is 0.431. The smallest absolute Gasteiger partial charge is 0.296 e. The van der Waals surface area contributed by atoms with Crippen molar-refractivity contribution in [3.8, 4) is 0 Å². The Morgan fingerprint density at radius 1 is 1.10 bits per heavy atom. The molecule has 0 saturated heterocycles. The van der Waals surface area contributed by atoms with Crippen molar-refractivity contribution in [1.82, 2.24) is 10.2 Å². The van der Waals surface area contributed by atoms with Gasteiger partial charge in [-0.15, -0.1) is 10.2 Å². The van der Waals surface area contributed by atoms with Gasteiger partial charge in [0.05, 0.1) is 27.8 Å². The predicted molar refractivity (Wildman–Crippen MR) is 76.9 cm³/mol. The van der Waals surface area contributed by atoms with Crippen molar-refractivity contribution >= 4 is 63.5 Å². The fourth-order valence-corrected chi connectivity index (χ4v) is 3.29. The topological polar surface area (TPSA) is 63.2 Å². The highest BCUT2D eigenvalue weighted by atomic mass is 35.5. The molecule has 20 heavy (non-hydrogen) atoms. The molecule has 1 aromatic carbocycles. The van der Waals surface area contributed by atoms with E-state index in [1.807, 2.05) is 0 Å². The molecule has 1 aliphatic heterocycles. The zero-order valence-electron chi connectivity index (χ0n) is 9.56. The molecule has 102 valence electrons. The van der Waals surface area contributed by atoms with Crippen LogP contribution in [0.2, 0.25) is 14.5 Å². The first kappa shape index (κ1) is 13.8. The van der Waals surface area contributed by atoms with Gasteiger partial charge in [0.1, 0.15) is 5.01 Å². The van der Waals surface area contributed by atoms with Gasteiger partial charge in [-0.05, 0) is 23.7 Å². The van der Waals surface area contributed by atoms with E-state index >= 15 is 0 Å². The Morgan fingerprint density at radius 2 is 1.80 bits per heavy atom. The number of carbonyl (C=O) groups excluding carboxylic acids is 2. The van der Waals surface area contributed by atoms with Crippen molar-refractivity contribution in [2.75, 3.05) is 4.90 Å². The van der Waals surface area contributed by atoms with Crippen LogP contribution in [0.15, 0.2) is 12.1 Å². The van der Waals surface area contributed by atoms with Crippen molar-refractivity contribution in [2.45, 2.75) is 6.54 Å². The second-order valence-electron chi connectivity index (χ2n) is 3.92. The molecule has 0 aliphatic carbocycles. The lowest BCUT2D eigenvalue weighted by Crippen LogP contribution is -2.29. The number of hydrogen-bond donors (Lipinski definition) is 0. The molecule has 0 bridgehead atoms. The molecule has 0 saturated carbocycles. The summed E-state index contributed by atoms with van der Waals surface area (Å²) in [5.74, 6) is -1.37. The normalized spacial score (nSPS) is 14.1. The van der Waals surface area contributed by atoms with Gasteiger partial charge < -0.3 is 0 Å². The Labute approximate surface area is 132 Å². The van der Waals surface area contributed by atoms with E-state index in [9.17, 15) is 9.59 Å². The number of benzene rings is 1. The van der Waals surface area contributed by atoms with Crippen LogP contribution in [0.25, 0.3) is 0 Å². The SMILES string of the molecule is O=C1C(=O)N(Cc2nnc(Cl)s2)c2c(Cl)ccc(Cl)c21. The van der Waals surface area contributed by atoms with E-state index < -0.39 is 11.7 Å². The molecular weight excluding hydrogens is 345 g/mol. The van der Waals surface area contributed by atoms with Crippen LogP contribution in [0.5, 0.6) is 0 Å². The predicted octanol–water partition coefficient (Wildman–Crippen LogP) is 3.23. The third kappa shape index (κ3) is 2.09. The summed E-state index contributed by atoms with van der Waals surface area (Å²) in [6.07, 6.45) is 0. The zero-order valence-corrected chi connectivity index (χ0v) is 12.6. The molecule has 1 aromatic heterocycles. The molecule has 2 aromatic rings. The molecular formula is C11H4Cl3N3O2S. The van der Waals surface area contributed by atoms with Gasteiger partial charge in [-0.2, -0.15) is 0 Å². The summed E-state index contributed by atoms with van der Waals surface area (Å²) in [4.78, 5) is 25.3. The molecule has 0 spiro atoms. The number of aromatic nitrogens is 2. The molecule has 3 rings (SSSR count). The highest BCUT2D eigenvalue weighted by Gasteiger charge is 2.39. The van der Waals surface area contributed by atoms with Crippen LogP contribution in [0.3, 0.4) is 0 Å². The number of carbonyl (C=O) groups is 2. The first-order chi connectivity index (χ1) is 9.49. The molecule has 0 unspecified atom stereocenters. The van der Waals surface area contributed by atoms with Crippen molar-refractivity contribution in [1.29, 1.82) is 0 Å². The first-order valence-electron chi connectivity index (χ1n) is 5.31. The van der Waals surface area contributed by atoms with Crippen molar-refractivity contribution < 1.29 is 9.59 Å². The fraction of sp³-hybridized carbons (Fsp3) is 0.0909. The maximum Gasteiger partial charge on any atom is 0.299 e. The molecule has 1 aliphatic rings. The second-order valence-corrected chi connectivity index (χ2v) is 6.38. The van der Waals surface area contributed by atoms with Crippen LogP contribution in [-0.2, 0) is 11.3 Å². The molecule has 9 heteroatoms. The Morgan fingerprint density at radius 3 is 2.45 bits per heavy atom. The van der Waals surface area contributed by atoms with Gasteiger partial charge >= 0.3 is 0 Å². The summed E-state index contributed by atoms with van der Waals surface area (Å²) in [7, 11) is 0. The number of Topliss-reactive ketones (excluding diaryl/α,β-unsaturated/α-hetero) is 1. The van der Waals surface area contributed by atoms with E-state index in [1.54, 1.807) is 0 Å². The standard InChI is InChI=1S/C11H4Cl3N3O2S/c12-4-1-2-5(13)8-7(4)9(18)10(19)17(8)3-6-15-16-11(14)20-6/h1-2H,3H2. The summed E-state index contributed by atoms with van der Waals surface area (Å²) in [5, 5.41) is 8.44. The number of amides is 1. The van der Waals surface area contributed by atoms with Crippen molar-refractivity contribution in [3.05, 3.63) is 37.2 Å². The Bertz CT molecular complexity index is 747. The third-order valence-corrected chi connectivity index (χ3v) is 4.37. The highest BCUT2D eigenvalue weighted by Crippen LogP contribution is 2.40. The van der Waals surface area contributed by atoms with E-state index in [1.165, 1.54) is 17.0 Å². The van der Waals surface area contributed by atoms with Gasteiger partial charge in [0, 0.05) is 0 Å². The minimum atomic E-state index is -0.693. The number of nitrogens with zero attached hydrogens (tertiary/aromatic N) is 3. The van der Waals surface area contributed by atoms with Crippen LogP contribution >= 0.6 is 46.1 Å². The minimum absolute atomic E-state index is 0.0715. The number of halogens is 3. The molecule has 0 radical (unpaired) electrons. The average molecular weight is 349 g/mol. The Hall–Kier alpha value is -1.21. The summed E-state index contributed by atoms with van der Waals surface area (Å²) < 4.78 is 0.260. The summed E-state index contributed by atoms with van der Waals surface area (Å²) in [6.45, 7) is 0.0715. The van der Waals surface area contributed by atoms with E-state index in [-0.39, 0.29) is 26.6 Å². The molecule has 0 N–H and O–H groups in total. The van der Waals surface area contributed by atoms with E-state index in [2.05, 4.69) is 10.2 Å². The number of anilines is 1. The Balaban J connectivity index is 2.08. The van der Waals surface area contributed by atoms with Crippen LogP contribution in [-0.4, -0.2) is 21.9 Å². The summed E-state index contributed by atoms with van der Waals surface area (Å²) >= 11 is 18.9. The molecule has 1 amide bonds. The van der Waals surface area contributed by atoms with Gasteiger partial charge in [0.25, 0.3) is 11.7 Å². The maximum atomic E-state index is 12.1. The lowest BCUT2D eigenvalue weighted by atomic mass is 10.1. The third-order valence-electron chi connectivity index (χ3n) is 2.75. The summed E-state index contributed by atoms with van der Waals surface area (Å²) in [6, 6.07) is 3.02. The van der Waals surface area contributed by atoms with Gasteiger partial charge in [0.2, 0.25) is 4.47 Å². The second kappa shape index (κ2) is 4.96. The molecule has 0 fully saturated rings. The van der Waals surface area contributed by atoms with Crippen molar-refractivity contribution in [2.24, 2.45) is 0 Å². The largest absolute Gasteiger partial charge is 0.299 e. The van der Waals surface area contributed by atoms with Gasteiger partial charge in [-0.1, -0.05) is 34.5 Å². The van der Waals surface area contributed by atoms with E-state index in [4.69, 9.17) is 34.8 Å². The number of ketones is 1. The van der Waals surface area contributed by atoms with Crippen LogP contribution in [0.1, 0.15) is 15.4 Å². The quantitative estimate of drug-likeness (QED) is 0.782. The van der Waals surface area contributed by atoms with Crippen molar-refractivity contribution in [3.63, 3.8) is 0 Å². The minimum Gasteiger partial charge on any atom is -0.296 e. The molecule has 5 nitrogen and oxygen atoms in total. The monoisotopic (exact) mass is 347 g/mol. The number of hydrogen-bond acceptors (Lipinski definition) is 5. The van der Waals surface area contributed by atoms with Crippen LogP contribution < -0.4 is 4.90 Å². The lowest BCUT2D eigenvalue weighted by molar-refractivity contribution is -0.114. The zero-order chi connectivity index (χ0) is 14.4. The molecule has 2 heterocycles. The highest BCUT2D eigenvalue weighted by molar-refractivity contribution is 7.15. The van der Waals surface area contributed by atoms with Gasteiger partial charge in [-0.3, -0.25) is 14.5 Å². The number of fused-ring (bicyclic) bond motifs is 1. The molecule has 0 atom stereocenters. The van der Waals surface area contributed by atoms with Crippen LogP contribution in [0, 0.1) is 0 Å². The van der Waals surface area contributed by atoms with E-state index in [0.29, 0.717) is 10.7 Å². The average Bonchev–Trinajstić information content (AvgIpc) is 2.92. The van der Waals surface area contributed by atoms with Gasteiger partial charge in [-0.25, -0.2) is 0 Å². The van der Waals surface area contributed by atoms with Crippen LogP contribution in [0.4, 0.5) is 5.69 Å². The maximum absolute atomic E-state index is 12.1. The Kier molecular flexibility index (Phi) is 3.41. The van der Waals surface area contributed by atoms with E-state index in [0.717, 1.165) is 11.3 Å². The first-order valence-corrected chi connectivity index (χ1v) is 7.26.